The first-order valence-corrected chi connectivity index (χ1v) is 6.77. The average Bonchev–Trinajstić information content (AvgIpc) is 2.24. The molecule has 1 rings (SSSR count). The minimum Gasteiger partial charge on any atom is -0.341 e. The summed E-state index contributed by atoms with van der Waals surface area (Å²) in [6, 6.07) is 0.0149. The van der Waals surface area contributed by atoms with Crippen molar-refractivity contribution < 1.29 is 4.79 Å². The zero-order valence-electron chi connectivity index (χ0n) is 12.0. The molecule has 0 aromatic rings. The molecule has 1 aliphatic carbocycles. The quantitative estimate of drug-likeness (QED) is 0.823. The van der Waals surface area contributed by atoms with Crippen LogP contribution in [-0.2, 0) is 4.79 Å². The maximum absolute atomic E-state index is 12.2. The summed E-state index contributed by atoms with van der Waals surface area (Å²) >= 11 is 0. The van der Waals surface area contributed by atoms with Gasteiger partial charge in [-0.05, 0) is 30.6 Å². The van der Waals surface area contributed by atoms with E-state index in [1.165, 1.54) is 12.8 Å². The molecule has 17 heavy (non-hydrogen) atoms. The van der Waals surface area contributed by atoms with Crippen LogP contribution in [0.1, 0.15) is 53.4 Å². The van der Waals surface area contributed by atoms with Gasteiger partial charge in [0.2, 0.25) is 5.91 Å². The van der Waals surface area contributed by atoms with Gasteiger partial charge in [-0.1, -0.05) is 34.1 Å². The molecule has 0 aromatic heterocycles. The molecule has 0 heterocycles. The maximum atomic E-state index is 12.2. The molecular weight excluding hydrogens is 212 g/mol. The van der Waals surface area contributed by atoms with Crippen molar-refractivity contribution in [2.24, 2.45) is 17.1 Å². The molecule has 0 aromatic carbocycles. The Balaban J connectivity index is 2.63. The SMILES string of the molecule is CC(C)C(N)C(=O)N(C)C1CCCC(C)(C)C1. The van der Waals surface area contributed by atoms with E-state index in [4.69, 9.17) is 5.73 Å². The van der Waals surface area contributed by atoms with Gasteiger partial charge in [0.05, 0.1) is 6.04 Å². The fourth-order valence-corrected chi connectivity index (χ4v) is 2.69. The summed E-state index contributed by atoms with van der Waals surface area (Å²) in [6.45, 7) is 8.59. The lowest BCUT2D eigenvalue weighted by molar-refractivity contribution is -0.135. The van der Waals surface area contributed by atoms with Crippen molar-refractivity contribution in [2.45, 2.75) is 65.5 Å². The highest BCUT2D eigenvalue weighted by molar-refractivity contribution is 5.82. The van der Waals surface area contributed by atoms with Gasteiger partial charge in [0.1, 0.15) is 0 Å². The second-order valence-electron chi connectivity index (χ2n) is 6.63. The molecule has 2 N–H and O–H groups in total. The van der Waals surface area contributed by atoms with Crippen LogP contribution in [0.25, 0.3) is 0 Å². The average molecular weight is 240 g/mol. The predicted octanol–water partition coefficient (Wildman–Crippen LogP) is 2.40. The summed E-state index contributed by atoms with van der Waals surface area (Å²) in [7, 11) is 1.91. The zero-order valence-corrected chi connectivity index (χ0v) is 12.0. The van der Waals surface area contributed by atoms with E-state index < -0.39 is 0 Å². The van der Waals surface area contributed by atoms with Crippen molar-refractivity contribution in [3.05, 3.63) is 0 Å². The lowest BCUT2D eigenvalue weighted by Crippen LogP contribution is -2.50. The van der Waals surface area contributed by atoms with Gasteiger partial charge in [0, 0.05) is 13.1 Å². The maximum Gasteiger partial charge on any atom is 0.239 e. The number of nitrogens with zero attached hydrogens (tertiary/aromatic N) is 1. The number of amides is 1. The second kappa shape index (κ2) is 5.38. The van der Waals surface area contributed by atoms with Crippen molar-refractivity contribution in [1.29, 1.82) is 0 Å². The van der Waals surface area contributed by atoms with Gasteiger partial charge in [0.25, 0.3) is 0 Å². The van der Waals surface area contributed by atoms with Gasteiger partial charge in [0.15, 0.2) is 0 Å². The van der Waals surface area contributed by atoms with Gasteiger partial charge < -0.3 is 10.6 Å². The van der Waals surface area contributed by atoms with Crippen molar-refractivity contribution in [2.75, 3.05) is 7.05 Å². The third-order valence-corrected chi connectivity index (χ3v) is 4.08. The number of carbonyl (C=O) groups excluding carboxylic acids is 1. The fraction of sp³-hybridized carbons (Fsp3) is 0.929. The summed E-state index contributed by atoms with van der Waals surface area (Å²) < 4.78 is 0. The molecule has 1 amide bonds. The van der Waals surface area contributed by atoms with Crippen molar-refractivity contribution >= 4 is 5.91 Å². The third-order valence-electron chi connectivity index (χ3n) is 4.08. The minimum absolute atomic E-state index is 0.0997. The van der Waals surface area contributed by atoms with E-state index in [1.807, 2.05) is 25.8 Å². The van der Waals surface area contributed by atoms with Crippen LogP contribution < -0.4 is 5.73 Å². The molecule has 100 valence electrons. The Morgan fingerprint density at radius 1 is 1.41 bits per heavy atom. The molecule has 1 saturated carbocycles. The van der Waals surface area contributed by atoms with Crippen LogP contribution in [0.4, 0.5) is 0 Å². The van der Waals surface area contributed by atoms with E-state index in [0.717, 1.165) is 12.8 Å². The molecule has 0 bridgehead atoms. The van der Waals surface area contributed by atoms with E-state index >= 15 is 0 Å². The molecule has 1 fully saturated rings. The Kier molecular flexibility index (Phi) is 4.59. The number of hydrogen-bond donors (Lipinski definition) is 1. The molecular formula is C14H28N2O. The summed E-state index contributed by atoms with van der Waals surface area (Å²) in [4.78, 5) is 14.1. The Morgan fingerprint density at radius 3 is 2.47 bits per heavy atom. The second-order valence-corrected chi connectivity index (χ2v) is 6.63. The largest absolute Gasteiger partial charge is 0.341 e. The third kappa shape index (κ3) is 3.70. The van der Waals surface area contributed by atoms with Crippen LogP contribution in [0.2, 0.25) is 0 Å². The Labute approximate surface area is 106 Å². The summed E-state index contributed by atoms with van der Waals surface area (Å²) in [5.74, 6) is 0.309. The first-order chi connectivity index (χ1) is 7.74. The van der Waals surface area contributed by atoms with Crippen molar-refractivity contribution in [3.8, 4) is 0 Å². The molecule has 2 atom stereocenters. The first kappa shape index (κ1) is 14.5. The van der Waals surface area contributed by atoms with Crippen LogP contribution in [0.5, 0.6) is 0 Å². The number of nitrogens with two attached hydrogens (primary N) is 1. The summed E-state index contributed by atoms with van der Waals surface area (Å²) in [5, 5.41) is 0. The van der Waals surface area contributed by atoms with E-state index in [9.17, 15) is 4.79 Å². The fourth-order valence-electron chi connectivity index (χ4n) is 2.69. The Morgan fingerprint density at radius 2 is 2.00 bits per heavy atom. The lowest BCUT2D eigenvalue weighted by atomic mass is 9.74. The van der Waals surface area contributed by atoms with Crippen molar-refractivity contribution in [1.82, 2.24) is 4.90 Å². The van der Waals surface area contributed by atoms with E-state index in [-0.39, 0.29) is 17.9 Å². The van der Waals surface area contributed by atoms with Crippen LogP contribution in [-0.4, -0.2) is 29.9 Å². The van der Waals surface area contributed by atoms with Gasteiger partial charge in [-0.2, -0.15) is 0 Å². The van der Waals surface area contributed by atoms with Gasteiger partial charge in [-0.25, -0.2) is 0 Å². The van der Waals surface area contributed by atoms with Crippen LogP contribution in [0.3, 0.4) is 0 Å². The first-order valence-electron chi connectivity index (χ1n) is 6.77. The molecule has 0 radical (unpaired) electrons. The highest BCUT2D eigenvalue weighted by Crippen LogP contribution is 2.37. The number of carbonyl (C=O) groups is 1. The highest BCUT2D eigenvalue weighted by Gasteiger charge is 2.33. The smallest absolute Gasteiger partial charge is 0.239 e. The van der Waals surface area contributed by atoms with E-state index in [1.54, 1.807) is 0 Å². The number of likely N-dealkylation sites (N-methyl/N-ethyl adjacent to an activating group) is 1. The monoisotopic (exact) mass is 240 g/mol. The minimum atomic E-state index is -0.356. The van der Waals surface area contributed by atoms with Gasteiger partial charge >= 0.3 is 0 Å². The number of hydrogen-bond acceptors (Lipinski definition) is 2. The molecule has 0 aliphatic heterocycles. The normalized spacial score (nSPS) is 25.7. The highest BCUT2D eigenvalue weighted by atomic mass is 16.2. The van der Waals surface area contributed by atoms with Gasteiger partial charge in [-0.15, -0.1) is 0 Å². The van der Waals surface area contributed by atoms with Crippen LogP contribution >= 0.6 is 0 Å². The standard InChI is InChI=1S/C14H28N2O/c1-10(2)12(15)13(17)16(5)11-7-6-8-14(3,4)9-11/h10-12H,6-9,15H2,1-5H3. The van der Waals surface area contributed by atoms with Crippen LogP contribution in [0, 0.1) is 11.3 Å². The zero-order chi connectivity index (χ0) is 13.2. The topological polar surface area (TPSA) is 46.3 Å². The molecule has 1 aliphatic rings. The molecule has 2 unspecified atom stereocenters. The predicted molar refractivity (Wildman–Crippen MR) is 71.6 cm³/mol. The van der Waals surface area contributed by atoms with E-state index in [2.05, 4.69) is 13.8 Å². The summed E-state index contributed by atoms with van der Waals surface area (Å²) in [5.41, 5.74) is 6.30. The Bertz CT molecular complexity index is 273. The summed E-state index contributed by atoms with van der Waals surface area (Å²) in [6.07, 6.45) is 4.70. The lowest BCUT2D eigenvalue weighted by Gasteiger charge is -2.40. The molecule has 0 saturated heterocycles. The van der Waals surface area contributed by atoms with Gasteiger partial charge in [-0.3, -0.25) is 4.79 Å². The number of rotatable bonds is 3. The molecule has 0 spiro atoms. The molecule has 3 heteroatoms. The van der Waals surface area contributed by atoms with Crippen molar-refractivity contribution in [3.63, 3.8) is 0 Å². The van der Waals surface area contributed by atoms with Crippen LogP contribution in [0.15, 0.2) is 0 Å². The van der Waals surface area contributed by atoms with E-state index in [0.29, 0.717) is 11.5 Å². The Hall–Kier alpha value is -0.570. The molecule has 3 nitrogen and oxygen atoms in total.